The second-order valence-corrected chi connectivity index (χ2v) is 5.56. The summed E-state index contributed by atoms with van der Waals surface area (Å²) >= 11 is 0. The first-order chi connectivity index (χ1) is 10.3. The van der Waals surface area contributed by atoms with Gasteiger partial charge in [-0.15, -0.1) is 0 Å². The Kier molecular flexibility index (Phi) is 21.0. The van der Waals surface area contributed by atoms with E-state index in [0.29, 0.717) is 6.42 Å². The fraction of sp³-hybridized carbons (Fsp3) is 0.737. The number of carbonyl (C=O) groups excluding carboxylic acids is 1. The molecular formula is C19H36O3. The minimum atomic E-state index is -0.0827. The van der Waals surface area contributed by atoms with Crippen LogP contribution in [0.5, 0.6) is 0 Å². The molecule has 0 aliphatic rings. The van der Waals surface area contributed by atoms with Crippen molar-refractivity contribution in [1.29, 1.82) is 0 Å². The van der Waals surface area contributed by atoms with Crippen LogP contribution in [0.4, 0.5) is 0 Å². The molecule has 0 aromatic rings. The van der Waals surface area contributed by atoms with Gasteiger partial charge in [-0.05, 0) is 38.5 Å². The molecule has 0 rings (SSSR count). The van der Waals surface area contributed by atoms with Gasteiger partial charge in [-0.3, -0.25) is 4.79 Å². The minimum Gasteiger partial charge on any atom is -0.469 e. The lowest BCUT2D eigenvalue weighted by atomic mass is 10.1. The minimum absolute atomic E-state index is 0. The van der Waals surface area contributed by atoms with Crippen molar-refractivity contribution in [3.05, 3.63) is 24.3 Å². The smallest absolute Gasteiger partial charge is 0.305 e. The van der Waals surface area contributed by atoms with Crippen LogP contribution in [-0.4, -0.2) is 18.6 Å². The van der Waals surface area contributed by atoms with E-state index in [1.165, 1.54) is 58.5 Å². The molecule has 0 saturated carbocycles. The van der Waals surface area contributed by atoms with Gasteiger partial charge in [-0.2, -0.15) is 0 Å². The largest absolute Gasteiger partial charge is 0.469 e. The molecule has 22 heavy (non-hydrogen) atoms. The molecule has 0 amide bonds. The summed E-state index contributed by atoms with van der Waals surface area (Å²) in [5, 5.41) is 0. The number of carbonyl (C=O) groups is 1. The van der Waals surface area contributed by atoms with Gasteiger partial charge in [0.15, 0.2) is 0 Å². The molecule has 0 spiro atoms. The van der Waals surface area contributed by atoms with Gasteiger partial charge in [-0.1, -0.05) is 63.3 Å². The molecule has 0 atom stereocenters. The zero-order valence-electron chi connectivity index (χ0n) is 14.6. The van der Waals surface area contributed by atoms with E-state index < -0.39 is 0 Å². The molecule has 0 bridgehead atoms. The predicted octanol–water partition coefficient (Wildman–Crippen LogP) is 5.15. The molecule has 0 aromatic carbocycles. The number of hydrogen-bond donors (Lipinski definition) is 0. The van der Waals surface area contributed by atoms with Crippen LogP contribution < -0.4 is 0 Å². The Hall–Kier alpha value is -1.09. The summed E-state index contributed by atoms with van der Waals surface area (Å²) in [5.74, 6) is -0.0827. The predicted molar refractivity (Wildman–Crippen MR) is 95.0 cm³/mol. The zero-order valence-corrected chi connectivity index (χ0v) is 14.6. The Morgan fingerprint density at radius 3 is 1.95 bits per heavy atom. The van der Waals surface area contributed by atoms with Crippen LogP contribution in [0, 0.1) is 0 Å². The number of methoxy groups -OCH3 is 1. The number of rotatable bonds is 14. The fourth-order valence-electron chi connectivity index (χ4n) is 2.18. The van der Waals surface area contributed by atoms with E-state index in [2.05, 4.69) is 36.0 Å². The maximum Gasteiger partial charge on any atom is 0.305 e. The van der Waals surface area contributed by atoms with E-state index in [1.54, 1.807) is 0 Å². The van der Waals surface area contributed by atoms with E-state index in [1.807, 2.05) is 0 Å². The molecule has 0 aromatic heterocycles. The lowest BCUT2D eigenvalue weighted by Crippen LogP contribution is -1.98. The van der Waals surface area contributed by atoms with Crippen molar-refractivity contribution in [2.24, 2.45) is 0 Å². The summed E-state index contributed by atoms with van der Waals surface area (Å²) in [4.78, 5) is 10.9. The summed E-state index contributed by atoms with van der Waals surface area (Å²) in [6.45, 7) is 2.24. The van der Waals surface area contributed by atoms with Crippen LogP contribution >= 0.6 is 0 Å². The third-order valence-corrected chi connectivity index (χ3v) is 3.56. The van der Waals surface area contributed by atoms with Gasteiger partial charge in [-0.25, -0.2) is 0 Å². The first kappa shape index (κ1) is 23.2. The quantitative estimate of drug-likeness (QED) is 0.253. The van der Waals surface area contributed by atoms with Crippen molar-refractivity contribution in [2.75, 3.05) is 7.11 Å². The summed E-state index contributed by atoms with van der Waals surface area (Å²) in [6, 6.07) is 0. The normalized spacial score (nSPS) is 11.0. The highest BCUT2D eigenvalue weighted by Crippen LogP contribution is 2.08. The average molecular weight is 312 g/mol. The lowest BCUT2D eigenvalue weighted by Gasteiger charge is -1.99. The molecule has 0 aliphatic carbocycles. The first-order valence-corrected chi connectivity index (χ1v) is 8.68. The van der Waals surface area contributed by atoms with Gasteiger partial charge in [0.2, 0.25) is 0 Å². The second-order valence-electron chi connectivity index (χ2n) is 5.56. The summed E-state index contributed by atoms with van der Waals surface area (Å²) in [7, 11) is 1.45. The summed E-state index contributed by atoms with van der Waals surface area (Å²) < 4.78 is 4.62. The number of ether oxygens (including phenoxy) is 1. The number of esters is 1. The van der Waals surface area contributed by atoms with E-state index in [-0.39, 0.29) is 11.4 Å². The number of hydrogen-bond acceptors (Lipinski definition) is 2. The van der Waals surface area contributed by atoms with Crippen LogP contribution in [0.1, 0.15) is 84.0 Å². The molecule has 0 fully saturated rings. The highest BCUT2D eigenvalue weighted by molar-refractivity contribution is 5.68. The van der Waals surface area contributed by atoms with Crippen LogP contribution in [0.3, 0.4) is 0 Å². The molecule has 2 N–H and O–H groups in total. The topological polar surface area (TPSA) is 57.8 Å². The van der Waals surface area contributed by atoms with Crippen molar-refractivity contribution in [3.63, 3.8) is 0 Å². The number of allylic oxidation sites excluding steroid dienone is 4. The van der Waals surface area contributed by atoms with Gasteiger partial charge in [0.25, 0.3) is 0 Å². The van der Waals surface area contributed by atoms with Gasteiger partial charge >= 0.3 is 5.97 Å². The Morgan fingerprint density at radius 1 is 0.818 bits per heavy atom. The van der Waals surface area contributed by atoms with Gasteiger partial charge in [0.1, 0.15) is 0 Å². The standard InChI is InChI=1S/C19H34O2.H2O/c1-3-4-5-6-7-8-9-10-11-12-13-14-15-16-17-18-19(20)21-2;/h7-8,10-11H,3-6,9,12-18H2,1-2H3;1H2/b8-7-,11-10-;. The van der Waals surface area contributed by atoms with Crippen molar-refractivity contribution in [3.8, 4) is 0 Å². The van der Waals surface area contributed by atoms with Gasteiger partial charge in [0, 0.05) is 6.42 Å². The molecular weight excluding hydrogens is 276 g/mol. The van der Waals surface area contributed by atoms with E-state index >= 15 is 0 Å². The number of unbranched alkanes of at least 4 members (excludes halogenated alkanes) is 8. The third kappa shape index (κ3) is 18.9. The molecule has 0 aliphatic heterocycles. The molecule has 0 saturated heterocycles. The lowest BCUT2D eigenvalue weighted by molar-refractivity contribution is -0.140. The van der Waals surface area contributed by atoms with E-state index in [4.69, 9.17) is 0 Å². The van der Waals surface area contributed by atoms with Crippen LogP contribution in [0.2, 0.25) is 0 Å². The molecule has 3 heteroatoms. The average Bonchev–Trinajstić information content (AvgIpc) is 2.50. The van der Waals surface area contributed by atoms with Crippen molar-refractivity contribution < 1.29 is 15.0 Å². The Morgan fingerprint density at radius 2 is 1.36 bits per heavy atom. The molecule has 0 radical (unpaired) electrons. The monoisotopic (exact) mass is 312 g/mol. The Labute approximate surface area is 137 Å². The van der Waals surface area contributed by atoms with Gasteiger partial charge in [0.05, 0.1) is 7.11 Å². The maximum atomic E-state index is 10.9. The summed E-state index contributed by atoms with van der Waals surface area (Å²) in [6.07, 6.45) is 23.0. The first-order valence-electron chi connectivity index (χ1n) is 8.68. The van der Waals surface area contributed by atoms with Crippen LogP contribution in [-0.2, 0) is 9.53 Å². The highest BCUT2D eigenvalue weighted by atomic mass is 16.5. The second kappa shape index (κ2) is 19.9. The maximum absolute atomic E-state index is 10.9. The molecule has 0 unspecified atom stereocenters. The zero-order chi connectivity index (χ0) is 15.6. The van der Waals surface area contributed by atoms with Gasteiger partial charge < -0.3 is 10.2 Å². The van der Waals surface area contributed by atoms with Crippen molar-refractivity contribution in [2.45, 2.75) is 84.0 Å². The van der Waals surface area contributed by atoms with Crippen LogP contribution in [0.15, 0.2) is 24.3 Å². The van der Waals surface area contributed by atoms with E-state index in [0.717, 1.165) is 19.3 Å². The summed E-state index contributed by atoms with van der Waals surface area (Å²) in [5.41, 5.74) is 0. The third-order valence-electron chi connectivity index (χ3n) is 3.56. The highest BCUT2D eigenvalue weighted by Gasteiger charge is 1.98. The van der Waals surface area contributed by atoms with Crippen molar-refractivity contribution >= 4 is 5.97 Å². The van der Waals surface area contributed by atoms with Crippen LogP contribution in [0.25, 0.3) is 0 Å². The van der Waals surface area contributed by atoms with Crippen molar-refractivity contribution in [1.82, 2.24) is 0 Å². The SMILES string of the molecule is CCCCC/C=C\C/C=C\CCCCCCCC(=O)OC.O. The molecule has 3 nitrogen and oxygen atoms in total. The molecule has 130 valence electrons. The fourth-order valence-corrected chi connectivity index (χ4v) is 2.18. The van der Waals surface area contributed by atoms with E-state index in [9.17, 15) is 4.79 Å². The Bertz CT molecular complexity index is 282. The molecule has 0 heterocycles. The Balaban J connectivity index is 0.